The van der Waals surface area contributed by atoms with E-state index in [-0.39, 0.29) is 18.3 Å². The second-order valence-corrected chi connectivity index (χ2v) is 6.82. The van der Waals surface area contributed by atoms with Crippen LogP contribution in [0.5, 0.6) is 0 Å². The smallest absolute Gasteiger partial charge is 0.289 e. The first-order chi connectivity index (χ1) is 10.7. The number of likely N-dealkylation sites (tertiary alicyclic amines) is 1. The number of carbonyl (C=O) groups is 1. The Kier molecular flexibility index (Phi) is 4.39. The van der Waals surface area contributed by atoms with Gasteiger partial charge in [0.2, 0.25) is 0 Å². The molecule has 0 unspecified atom stereocenters. The molecule has 1 N–H and O–H groups in total. The maximum atomic E-state index is 12.7. The third-order valence-electron chi connectivity index (χ3n) is 5.40. The van der Waals surface area contributed by atoms with Crippen molar-refractivity contribution >= 4 is 29.3 Å². The van der Waals surface area contributed by atoms with Gasteiger partial charge in [-0.2, -0.15) is 0 Å². The number of fused-ring (bicyclic) bond motifs is 1. The van der Waals surface area contributed by atoms with Crippen LogP contribution in [0.2, 0.25) is 0 Å². The van der Waals surface area contributed by atoms with E-state index in [2.05, 4.69) is 5.32 Å². The minimum Gasteiger partial charge on any atom is -0.451 e. The number of nitrogens with one attached hydrogen (secondary N) is 1. The molecule has 2 fully saturated rings. The number of carbonyl (C=O) groups excluding carboxylic acids is 1. The second kappa shape index (κ2) is 6.17. The summed E-state index contributed by atoms with van der Waals surface area (Å²) in [5.74, 6) is 0.515. The number of nitrogens with zero attached hydrogens (tertiary/aromatic N) is 1. The lowest BCUT2D eigenvalue weighted by Gasteiger charge is -2.38. The van der Waals surface area contributed by atoms with Crippen LogP contribution >= 0.6 is 12.4 Å². The monoisotopic (exact) mass is 334 g/mol. The molecular formula is C18H23ClN2O2. The highest BCUT2D eigenvalue weighted by molar-refractivity contribution is 5.96. The summed E-state index contributed by atoms with van der Waals surface area (Å²) in [4.78, 5) is 14.7. The molecule has 0 atom stereocenters. The number of amides is 1. The minimum absolute atomic E-state index is 0. The van der Waals surface area contributed by atoms with Crippen molar-refractivity contribution < 1.29 is 9.21 Å². The number of halogens is 1. The van der Waals surface area contributed by atoms with Gasteiger partial charge >= 0.3 is 0 Å². The highest BCUT2D eigenvalue weighted by atomic mass is 35.5. The van der Waals surface area contributed by atoms with E-state index in [0.717, 1.165) is 55.6 Å². The third-order valence-corrected chi connectivity index (χ3v) is 5.40. The standard InChI is InChI=1S/C18H22N2O2.ClH/c1-13-3-2-4-14-11-15(22-16(13)14)17(21)20-9-6-18(7-10-20)5-8-19-12-18;/h2-4,11,19H,5-10,12H2,1H3;1H. The molecule has 124 valence electrons. The van der Waals surface area contributed by atoms with Crippen LogP contribution < -0.4 is 5.32 Å². The second-order valence-electron chi connectivity index (χ2n) is 6.82. The summed E-state index contributed by atoms with van der Waals surface area (Å²) in [7, 11) is 0. The molecule has 23 heavy (non-hydrogen) atoms. The zero-order valence-electron chi connectivity index (χ0n) is 13.4. The van der Waals surface area contributed by atoms with Crippen LogP contribution in [0.1, 0.15) is 35.4 Å². The number of hydrogen-bond acceptors (Lipinski definition) is 3. The van der Waals surface area contributed by atoms with E-state index in [9.17, 15) is 4.79 Å². The lowest BCUT2D eigenvalue weighted by atomic mass is 9.78. The maximum absolute atomic E-state index is 12.7. The van der Waals surface area contributed by atoms with Gasteiger partial charge in [0.15, 0.2) is 5.76 Å². The van der Waals surface area contributed by atoms with Crippen molar-refractivity contribution in [3.8, 4) is 0 Å². The SMILES string of the molecule is Cc1cccc2cc(C(=O)N3CCC4(CCNC4)CC3)oc12.Cl. The molecule has 2 aliphatic rings. The maximum Gasteiger partial charge on any atom is 0.289 e. The molecule has 0 aliphatic carbocycles. The molecule has 0 bridgehead atoms. The number of furan rings is 1. The van der Waals surface area contributed by atoms with Crippen LogP contribution in [0.15, 0.2) is 28.7 Å². The lowest BCUT2D eigenvalue weighted by Crippen LogP contribution is -2.43. The fourth-order valence-electron chi connectivity index (χ4n) is 3.88. The van der Waals surface area contributed by atoms with Crippen molar-refractivity contribution in [1.82, 2.24) is 10.2 Å². The van der Waals surface area contributed by atoms with Crippen LogP contribution in [-0.2, 0) is 0 Å². The Morgan fingerprint density at radius 2 is 2.04 bits per heavy atom. The number of benzene rings is 1. The first-order valence-electron chi connectivity index (χ1n) is 8.16. The van der Waals surface area contributed by atoms with Crippen LogP contribution in [0.3, 0.4) is 0 Å². The average Bonchev–Trinajstić information content (AvgIpc) is 3.15. The number of piperidine rings is 1. The van der Waals surface area contributed by atoms with E-state index < -0.39 is 0 Å². The van der Waals surface area contributed by atoms with Crippen molar-refractivity contribution in [3.05, 3.63) is 35.6 Å². The summed E-state index contributed by atoms with van der Waals surface area (Å²) >= 11 is 0. The molecule has 1 amide bonds. The average molecular weight is 335 g/mol. The van der Waals surface area contributed by atoms with Crippen molar-refractivity contribution in [2.45, 2.75) is 26.2 Å². The van der Waals surface area contributed by atoms with Gasteiger partial charge in [-0.15, -0.1) is 12.4 Å². The summed E-state index contributed by atoms with van der Waals surface area (Å²) in [6.07, 6.45) is 3.45. The molecule has 4 nitrogen and oxygen atoms in total. The summed E-state index contributed by atoms with van der Waals surface area (Å²) in [6, 6.07) is 7.89. The molecule has 1 aromatic carbocycles. The first kappa shape index (κ1) is 16.3. The van der Waals surface area contributed by atoms with Crippen molar-refractivity contribution in [3.63, 3.8) is 0 Å². The molecule has 1 spiro atoms. The highest BCUT2D eigenvalue weighted by Crippen LogP contribution is 2.37. The van der Waals surface area contributed by atoms with Gasteiger partial charge in [-0.05, 0) is 49.8 Å². The topological polar surface area (TPSA) is 45.5 Å². The lowest BCUT2D eigenvalue weighted by molar-refractivity contribution is 0.0579. The van der Waals surface area contributed by atoms with Gasteiger partial charge in [-0.3, -0.25) is 4.79 Å². The number of rotatable bonds is 1. The normalized spacial score (nSPS) is 20.0. The highest BCUT2D eigenvalue weighted by Gasteiger charge is 2.38. The Labute approximate surface area is 142 Å². The quantitative estimate of drug-likeness (QED) is 0.869. The Bertz CT molecular complexity index is 709. The molecule has 4 rings (SSSR count). The largest absolute Gasteiger partial charge is 0.451 e. The Morgan fingerprint density at radius 3 is 2.70 bits per heavy atom. The number of para-hydroxylation sites is 1. The number of hydrogen-bond donors (Lipinski definition) is 1. The van der Waals surface area contributed by atoms with E-state index in [1.807, 2.05) is 36.1 Å². The summed E-state index contributed by atoms with van der Waals surface area (Å²) in [6.45, 7) is 5.93. The molecular weight excluding hydrogens is 312 g/mol. The molecule has 3 heterocycles. The van der Waals surface area contributed by atoms with Gasteiger partial charge in [0.05, 0.1) is 0 Å². The molecule has 0 saturated carbocycles. The van der Waals surface area contributed by atoms with Crippen molar-refractivity contribution in [1.29, 1.82) is 0 Å². The summed E-state index contributed by atoms with van der Waals surface area (Å²) < 4.78 is 5.83. The molecule has 5 heteroatoms. The Balaban J connectivity index is 0.00000156. The van der Waals surface area contributed by atoms with Crippen molar-refractivity contribution in [2.75, 3.05) is 26.2 Å². The van der Waals surface area contributed by atoms with Gasteiger partial charge in [-0.1, -0.05) is 18.2 Å². The van der Waals surface area contributed by atoms with E-state index in [4.69, 9.17) is 4.42 Å². The first-order valence-corrected chi connectivity index (χ1v) is 8.16. The van der Waals surface area contributed by atoms with Crippen LogP contribution in [0.25, 0.3) is 11.0 Å². The Hall–Kier alpha value is -1.52. The van der Waals surface area contributed by atoms with Gasteiger partial charge < -0.3 is 14.6 Å². The van der Waals surface area contributed by atoms with Gasteiger partial charge in [0.1, 0.15) is 5.58 Å². The predicted molar refractivity (Wildman–Crippen MR) is 93.3 cm³/mol. The van der Waals surface area contributed by atoms with E-state index in [1.165, 1.54) is 6.42 Å². The van der Waals surface area contributed by atoms with Crippen LogP contribution in [0.4, 0.5) is 0 Å². The predicted octanol–water partition coefficient (Wildman–Crippen LogP) is 3.38. The fraction of sp³-hybridized carbons (Fsp3) is 0.500. The van der Waals surface area contributed by atoms with Gasteiger partial charge in [-0.25, -0.2) is 0 Å². The molecule has 2 aliphatic heterocycles. The third kappa shape index (κ3) is 2.86. The zero-order chi connectivity index (χ0) is 15.2. The summed E-state index contributed by atoms with van der Waals surface area (Å²) in [5, 5.41) is 4.47. The zero-order valence-corrected chi connectivity index (χ0v) is 14.2. The number of aryl methyl sites for hydroxylation is 1. The van der Waals surface area contributed by atoms with Crippen molar-refractivity contribution in [2.24, 2.45) is 5.41 Å². The molecule has 2 saturated heterocycles. The molecule has 1 aromatic heterocycles. The van der Waals surface area contributed by atoms with Gasteiger partial charge in [0, 0.05) is 25.0 Å². The summed E-state index contributed by atoms with van der Waals surface area (Å²) in [5.41, 5.74) is 2.34. The van der Waals surface area contributed by atoms with Crippen LogP contribution in [-0.4, -0.2) is 37.0 Å². The molecule has 0 radical (unpaired) electrons. The molecule has 2 aromatic rings. The minimum atomic E-state index is 0. The van der Waals surface area contributed by atoms with E-state index in [1.54, 1.807) is 0 Å². The van der Waals surface area contributed by atoms with Gasteiger partial charge in [0.25, 0.3) is 5.91 Å². The Morgan fingerprint density at radius 1 is 1.26 bits per heavy atom. The van der Waals surface area contributed by atoms with E-state index in [0.29, 0.717) is 11.2 Å². The van der Waals surface area contributed by atoms with E-state index >= 15 is 0 Å². The fourth-order valence-corrected chi connectivity index (χ4v) is 3.88. The van der Waals surface area contributed by atoms with Crippen LogP contribution in [0, 0.1) is 12.3 Å².